The van der Waals surface area contributed by atoms with Gasteiger partial charge in [0.2, 0.25) is 15.9 Å². The number of primary amides is 1. The third kappa shape index (κ3) is 2.99. The molecule has 4 aliphatic rings. The van der Waals surface area contributed by atoms with Gasteiger partial charge in [-0.15, -0.1) is 0 Å². The Balaban J connectivity index is 1.57. The first kappa shape index (κ1) is 17.0. The van der Waals surface area contributed by atoms with Crippen molar-refractivity contribution in [2.24, 2.45) is 28.9 Å². The Morgan fingerprint density at radius 2 is 1.72 bits per heavy atom. The van der Waals surface area contributed by atoms with E-state index in [0.29, 0.717) is 6.54 Å². The van der Waals surface area contributed by atoms with Crippen molar-refractivity contribution >= 4 is 15.9 Å². The number of rotatable bonds is 5. The Kier molecular flexibility index (Phi) is 3.96. The molecule has 6 heteroatoms. The van der Waals surface area contributed by atoms with Crippen molar-refractivity contribution in [3.8, 4) is 0 Å². The van der Waals surface area contributed by atoms with E-state index in [-0.39, 0.29) is 15.9 Å². The predicted molar refractivity (Wildman–Crippen MR) is 95.4 cm³/mol. The lowest BCUT2D eigenvalue weighted by molar-refractivity contribution is -0.0583. The number of benzene rings is 1. The Labute approximate surface area is 149 Å². The van der Waals surface area contributed by atoms with Crippen LogP contribution in [0, 0.1) is 23.2 Å². The summed E-state index contributed by atoms with van der Waals surface area (Å²) in [6, 6.07) is 6.04. The van der Waals surface area contributed by atoms with Crippen molar-refractivity contribution in [3.63, 3.8) is 0 Å². The van der Waals surface area contributed by atoms with E-state index in [0.717, 1.165) is 17.8 Å². The normalized spacial score (nSPS) is 33.8. The molecule has 4 saturated carbocycles. The summed E-state index contributed by atoms with van der Waals surface area (Å²) in [5, 5.41) is 0. The molecule has 5 rings (SSSR count). The molecule has 4 bridgehead atoms. The lowest BCUT2D eigenvalue weighted by Crippen LogP contribution is -2.51. The van der Waals surface area contributed by atoms with Crippen molar-refractivity contribution < 1.29 is 13.2 Å². The molecule has 1 aromatic carbocycles. The van der Waals surface area contributed by atoms with E-state index in [1.54, 1.807) is 19.2 Å². The van der Waals surface area contributed by atoms with Crippen LogP contribution < -0.4 is 5.73 Å². The molecular formula is C19H26N2O3S. The molecule has 0 atom stereocenters. The van der Waals surface area contributed by atoms with Crippen molar-refractivity contribution in [2.45, 2.75) is 43.4 Å². The minimum absolute atomic E-state index is 0.149. The van der Waals surface area contributed by atoms with Crippen LogP contribution >= 0.6 is 0 Å². The van der Waals surface area contributed by atoms with Crippen LogP contribution in [0.15, 0.2) is 29.2 Å². The number of carbonyl (C=O) groups is 1. The van der Waals surface area contributed by atoms with Crippen molar-refractivity contribution in [1.82, 2.24) is 4.31 Å². The lowest BCUT2D eigenvalue weighted by atomic mass is 9.49. The highest BCUT2D eigenvalue weighted by Gasteiger charge is 2.51. The van der Waals surface area contributed by atoms with Gasteiger partial charge in [0, 0.05) is 19.2 Å². The average Bonchev–Trinajstić information content (AvgIpc) is 2.53. The van der Waals surface area contributed by atoms with Crippen molar-refractivity contribution in [3.05, 3.63) is 29.8 Å². The lowest BCUT2D eigenvalue weighted by Gasteiger charge is -2.57. The second-order valence-electron chi connectivity index (χ2n) is 8.57. The second-order valence-corrected chi connectivity index (χ2v) is 10.6. The standard InChI is InChI=1S/C19H26N2O3S/c1-21(25(23,24)17-4-2-3-16(8-17)18(20)22)12-19-9-13-5-14(10-19)7-15(6-13)11-19/h2-4,8,13-15H,5-7,9-12H2,1H3,(H2,20,22). The van der Waals surface area contributed by atoms with Gasteiger partial charge in [0.05, 0.1) is 4.90 Å². The summed E-state index contributed by atoms with van der Waals surface area (Å²) in [4.78, 5) is 11.5. The van der Waals surface area contributed by atoms with Gasteiger partial charge >= 0.3 is 0 Å². The summed E-state index contributed by atoms with van der Waals surface area (Å²) < 4.78 is 27.5. The van der Waals surface area contributed by atoms with Crippen LogP contribution in [0.25, 0.3) is 0 Å². The molecule has 5 nitrogen and oxygen atoms in total. The summed E-state index contributed by atoms with van der Waals surface area (Å²) in [5.41, 5.74) is 5.67. The summed E-state index contributed by atoms with van der Waals surface area (Å²) in [5.74, 6) is 1.77. The smallest absolute Gasteiger partial charge is 0.248 e. The minimum Gasteiger partial charge on any atom is -0.366 e. The maximum atomic E-state index is 13.0. The zero-order valence-corrected chi connectivity index (χ0v) is 15.5. The Morgan fingerprint density at radius 1 is 1.16 bits per heavy atom. The molecular weight excluding hydrogens is 336 g/mol. The third-order valence-electron chi connectivity index (χ3n) is 6.55. The fourth-order valence-corrected chi connectivity index (χ4v) is 7.36. The predicted octanol–water partition coefficient (Wildman–Crippen LogP) is 2.62. The van der Waals surface area contributed by atoms with E-state index >= 15 is 0 Å². The van der Waals surface area contributed by atoms with Gasteiger partial charge in [-0.1, -0.05) is 6.07 Å². The highest BCUT2D eigenvalue weighted by atomic mass is 32.2. The summed E-state index contributed by atoms with van der Waals surface area (Å²) in [7, 11) is -1.94. The van der Waals surface area contributed by atoms with E-state index < -0.39 is 15.9 Å². The number of hydrogen-bond acceptors (Lipinski definition) is 3. The summed E-state index contributed by atoms with van der Waals surface area (Å²) >= 11 is 0. The van der Waals surface area contributed by atoms with E-state index in [1.807, 2.05) is 0 Å². The van der Waals surface area contributed by atoms with Crippen LogP contribution in [0.3, 0.4) is 0 Å². The number of amides is 1. The van der Waals surface area contributed by atoms with Gasteiger partial charge in [0.25, 0.3) is 0 Å². The van der Waals surface area contributed by atoms with Crippen molar-refractivity contribution in [2.75, 3.05) is 13.6 Å². The van der Waals surface area contributed by atoms with Crippen LogP contribution in [-0.2, 0) is 10.0 Å². The van der Waals surface area contributed by atoms with E-state index in [9.17, 15) is 13.2 Å². The molecule has 0 saturated heterocycles. The van der Waals surface area contributed by atoms with E-state index in [2.05, 4.69) is 0 Å². The quantitative estimate of drug-likeness (QED) is 0.874. The number of nitrogens with two attached hydrogens (primary N) is 1. The highest BCUT2D eigenvalue weighted by molar-refractivity contribution is 7.89. The zero-order chi connectivity index (χ0) is 17.8. The first-order valence-electron chi connectivity index (χ1n) is 9.14. The number of carbonyl (C=O) groups excluding carboxylic acids is 1. The molecule has 2 N–H and O–H groups in total. The number of nitrogens with zero attached hydrogens (tertiary/aromatic N) is 1. The fourth-order valence-electron chi connectivity index (χ4n) is 6.03. The van der Waals surface area contributed by atoms with Gasteiger partial charge in [-0.3, -0.25) is 4.79 Å². The molecule has 25 heavy (non-hydrogen) atoms. The molecule has 0 radical (unpaired) electrons. The molecule has 1 aromatic rings. The van der Waals surface area contributed by atoms with Crippen molar-refractivity contribution in [1.29, 1.82) is 0 Å². The molecule has 0 aliphatic heterocycles. The maximum absolute atomic E-state index is 13.0. The van der Waals surface area contributed by atoms with Crippen LogP contribution in [0.5, 0.6) is 0 Å². The monoisotopic (exact) mass is 362 g/mol. The first-order chi connectivity index (χ1) is 11.8. The van der Waals surface area contributed by atoms with Crippen LogP contribution in [0.4, 0.5) is 0 Å². The topological polar surface area (TPSA) is 80.5 Å². The van der Waals surface area contributed by atoms with Gasteiger partial charge in [0.1, 0.15) is 0 Å². The number of hydrogen-bond donors (Lipinski definition) is 1. The molecule has 4 fully saturated rings. The first-order valence-corrected chi connectivity index (χ1v) is 10.6. The van der Waals surface area contributed by atoms with E-state index in [1.165, 1.54) is 55.0 Å². The maximum Gasteiger partial charge on any atom is 0.248 e. The van der Waals surface area contributed by atoms with E-state index in [4.69, 9.17) is 5.73 Å². The summed E-state index contributed by atoms with van der Waals surface area (Å²) in [6.45, 7) is 0.583. The molecule has 0 aromatic heterocycles. The van der Waals surface area contributed by atoms with Crippen LogP contribution in [-0.4, -0.2) is 32.2 Å². The van der Waals surface area contributed by atoms with Gasteiger partial charge in [-0.05, 0) is 79.9 Å². The minimum atomic E-state index is -3.61. The Morgan fingerprint density at radius 3 is 2.24 bits per heavy atom. The van der Waals surface area contributed by atoms with Gasteiger partial charge in [-0.25, -0.2) is 12.7 Å². The molecule has 1 amide bonds. The Hall–Kier alpha value is -1.40. The Bertz CT molecular complexity index is 767. The van der Waals surface area contributed by atoms with Gasteiger partial charge in [-0.2, -0.15) is 0 Å². The molecule has 0 heterocycles. The largest absolute Gasteiger partial charge is 0.366 e. The molecule has 136 valence electrons. The molecule has 0 unspecified atom stereocenters. The van der Waals surface area contributed by atoms with Gasteiger partial charge < -0.3 is 5.73 Å². The summed E-state index contributed by atoms with van der Waals surface area (Å²) in [6.07, 6.45) is 7.53. The van der Waals surface area contributed by atoms with Crippen LogP contribution in [0.2, 0.25) is 0 Å². The highest BCUT2D eigenvalue weighted by Crippen LogP contribution is 2.60. The average molecular weight is 362 g/mol. The third-order valence-corrected chi connectivity index (χ3v) is 8.35. The van der Waals surface area contributed by atoms with Crippen LogP contribution in [0.1, 0.15) is 48.9 Å². The zero-order valence-electron chi connectivity index (χ0n) is 14.6. The second kappa shape index (κ2) is 5.81. The SMILES string of the molecule is CN(CC12CC3CC(CC(C3)C1)C2)S(=O)(=O)c1cccc(C(N)=O)c1. The van der Waals surface area contributed by atoms with Gasteiger partial charge in [0.15, 0.2) is 0 Å². The molecule has 0 spiro atoms. The number of sulfonamides is 1. The molecule has 4 aliphatic carbocycles. The fraction of sp³-hybridized carbons (Fsp3) is 0.632.